The first-order valence-electron chi connectivity index (χ1n) is 4.81. The largest absolute Gasteiger partial charge is 0.271 e. The van der Waals surface area contributed by atoms with E-state index in [1.54, 1.807) is 6.20 Å². The Morgan fingerprint density at radius 3 is 2.53 bits per heavy atom. The van der Waals surface area contributed by atoms with E-state index >= 15 is 0 Å². The Kier molecular flexibility index (Phi) is 2.34. The SMILES string of the molecule is Cn1nc(-c2cnns2)cc1C(C)(C)C. The predicted octanol–water partition coefficient (Wildman–Crippen LogP) is 2.24. The molecule has 0 spiro atoms. The second kappa shape index (κ2) is 3.41. The summed E-state index contributed by atoms with van der Waals surface area (Å²) in [5, 5.41) is 8.29. The molecule has 4 nitrogen and oxygen atoms in total. The average Bonchev–Trinajstić information content (AvgIpc) is 2.68. The van der Waals surface area contributed by atoms with Gasteiger partial charge in [0.05, 0.1) is 11.1 Å². The van der Waals surface area contributed by atoms with Crippen molar-refractivity contribution in [3.63, 3.8) is 0 Å². The second-order valence-corrected chi connectivity index (χ2v) is 5.36. The van der Waals surface area contributed by atoms with Crippen molar-refractivity contribution in [1.82, 2.24) is 19.4 Å². The van der Waals surface area contributed by atoms with Crippen molar-refractivity contribution in [2.24, 2.45) is 7.05 Å². The highest BCUT2D eigenvalue weighted by molar-refractivity contribution is 7.09. The van der Waals surface area contributed by atoms with E-state index < -0.39 is 0 Å². The lowest BCUT2D eigenvalue weighted by molar-refractivity contribution is 0.523. The van der Waals surface area contributed by atoms with Crippen molar-refractivity contribution in [2.45, 2.75) is 26.2 Å². The zero-order chi connectivity index (χ0) is 11.1. The maximum atomic E-state index is 4.47. The molecule has 2 aromatic heterocycles. The minimum atomic E-state index is 0.109. The number of hydrogen-bond donors (Lipinski definition) is 0. The molecule has 0 aliphatic heterocycles. The lowest BCUT2D eigenvalue weighted by Crippen LogP contribution is -2.16. The summed E-state index contributed by atoms with van der Waals surface area (Å²) in [5.41, 5.74) is 2.28. The van der Waals surface area contributed by atoms with Gasteiger partial charge in [0.1, 0.15) is 5.69 Å². The fourth-order valence-corrected chi connectivity index (χ4v) is 2.04. The van der Waals surface area contributed by atoms with Crippen molar-refractivity contribution in [3.05, 3.63) is 18.0 Å². The molecule has 0 N–H and O–H groups in total. The quantitative estimate of drug-likeness (QED) is 0.743. The molecule has 15 heavy (non-hydrogen) atoms. The topological polar surface area (TPSA) is 43.6 Å². The van der Waals surface area contributed by atoms with Gasteiger partial charge >= 0.3 is 0 Å². The third-order valence-corrected chi connectivity index (χ3v) is 2.95. The minimum Gasteiger partial charge on any atom is -0.271 e. The summed E-state index contributed by atoms with van der Waals surface area (Å²) in [7, 11) is 1.97. The van der Waals surface area contributed by atoms with Gasteiger partial charge in [-0.2, -0.15) is 5.10 Å². The summed E-state index contributed by atoms with van der Waals surface area (Å²) in [6, 6.07) is 2.11. The molecule has 2 rings (SSSR count). The fraction of sp³-hybridized carbons (Fsp3) is 0.500. The van der Waals surface area contributed by atoms with E-state index in [2.05, 4.69) is 41.5 Å². The van der Waals surface area contributed by atoms with Crippen LogP contribution in [0.25, 0.3) is 10.6 Å². The monoisotopic (exact) mass is 222 g/mol. The summed E-state index contributed by atoms with van der Waals surface area (Å²) < 4.78 is 5.77. The lowest BCUT2D eigenvalue weighted by Gasteiger charge is -2.17. The molecule has 0 bridgehead atoms. The van der Waals surface area contributed by atoms with Gasteiger partial charge < -0.3 is 0 Å². The van der Waals surface area contributed by atoms with E-state index in [0.29, 0.717) is 0 Å². The van der Waals surface area contributed by atoms with Gasteiger partial charge in [0, 0.05) is 18.2 Å². The van der Waals surface area contributed by atoms with Crippen LogP contribution in [0, 0.1) is 0 Å². The van der Waals surface area contributed by atoms with Crippen molar-refractivity contribution >= 4 is 11.5 Å². The highest BCUT2D eigenvalue weighted by Gasteiger charge is 2.20. The van der Waals surface area contributed by atoms with Crippen LogP contribution in [-0.2, 0) is 12.5 Å². The van der Waals surface area contributed by atoms with E-state index in [4.69, 9.17) is 0 Å². The molecule has 5 heteroatoms. The summed E-state index contributed by atoms with van der Waals surface area (Å²) in [6.07, 6.45) is 1.75. The molecule has 0 saturated heterocycles. The Morgan fingerprint density at radius 1 is 1.33 bits per heavy atom. The predicted molar refractivity (Wildman–Crippen MR) is 60.8 cm³/mol. The van der Waals surface area contributed by atoms with Crippen LogP contribution in [0.4, 0.5) is 0 Å². The van der Waals surface area contributed by atoms with Crippen LogP contribution in [0.5, 0.6) is 0 Å². The van der Waals surface area contributed by atoms with Crippen LogP contribution >= 0.6 is 11.5 Å². The average molecular weight is 222 g/mol. The normalized spacial score (nSPS) is 12.0. The van der Waals surface area contributed by atoms with E-state index in [1.807, 2.05) is 11.7 Å². The smallest absolute Gasteiger partial charge is 0.106 e. The van der Waals surface area contributed by atoms with Gasteiger partial charge in [-0.15, -0.1) is 5.10 Å². The highest BCUT2D eigenvalue weighted by Crippen LogP contribution is 2.27. The van der Waals surface area contributed by atoms with Gasteiger partial charge in [-0.05, 0) is 17.6 Å². The van der Waals surface area contributed by atoms with Crippen LogP contribution in [0.15, 0.2) is 12.3 Å². The zero-order valence-electron chi connectivity index (χ0n) is 9.35. The van der Waals surface area contributed by atoms with Gasteiger partial charge in [0.25, 0.3) is 0 Å². The Labute approximate surface area is 93.1 Å². The Hall–Kier alpha value is -1.23. The van der Waals surface area contributed by atoms with E-state index in [9.17, 15) is 0 Å². The molecule has 2 aromatic rings. The zero-order valence-corrected chi connectivity index (χ0v) is 10.2. The van der Waals surface area contributed by atoms with Crippen LogP contribution in [-0.4, -0.2) is 19.4 Å². The molecule has 0 aliphatic carbocycles. The molecule has 0 saturated carbocycles. The summed E-state index contributed by atoms with van der Waals surface area (Å²) >= 11 is 1.37. The van der Waals surface area contributed by atoms with Crippen LogP contribution in [0.3, 0.4) is 0 Å². The van der Waals surface area contributed by atoms with Gasteiger partial charge in [0.2, 0.25) is 0 Å². The number of hydrogen-bond acceptors (Lipinski definition) is 4. The first-order chi connectivity index (χ1) is 6.98. The number of aryl methyl sites for hydroxylation is 1. The molecular weight excluding hydrogens is 208 g/mol. The first-order valence-corrected chi connectivity index (χ1v) is 5.58. The highest BCUT2D eigenvalue weighted by atomic mass is 32.1. The third kappa shape index (κ3) is 1.92. The Balaban J connectivity index is 2.47. The Bertz CT molecular complexity index is 450. The van der Waals surface area contributed by atoms with Crippen molar-refractivity contribution in [3.8, 4) is 10.6 Å². The van der Waals surface area contributed by atoms with E-state index in [1.165, 1.54) is 17.2 Å². The molecule has 2 heterocycles. The standard InChI is InChI=1S/C10H14N4S/c1-10(2,3)9-5-7(12-14(9)4)8-6-11-13-15-8/h5-6H,1-4H3. The van der Waals surface area contributed by atoms with E-state index in [0.717, 1.165) is 10.6 Å². The molecular formula is C10H14N4S. The summed E-state index contributed by atoms with van der Waals surface area (Å²) in [4.78, 5) is 1.01. The van der Waals surface area contributed by atoms with Crippen molar-refractivity contribution < 1.29 is 0 Å². The fourth-order valence-electron chi connectivity index (χ4n) is 1.57. The van der Waals surface area contributed by atoms with Gasteiger partial charge in [0.15, 0.2) is 0 Å². The maximum absolute atomic E-state index is 4.47. The summed E-state index contributed by atoms with van der Waals surface area (Å²) in [6.45, 7) is 6.54. The van der Waals surface area contributed by atoms with Crippen molar-refractivity contribution in [1.29, 1.82) is 0 Å². The number of aromatic nitrogens is 4. The van der Waals surface area contributed by atoms with Gasteiger partial charge in [-0.3, -0.25) is 4.68 Å². The second-order valence-electron chi connectivity index (χ2n) is 4.57. The number of nitrogens with zero attached hydrogens (tertiary/aromatic N) is 4. The molecule has 0 aromatic carbocycles. The molecule has 0 atom stereocenters. The molecule has 0 unspecified atom stereocenters. The Morgan fingerprint density at radius 2 is 2.07 bits per heavy atom. The summed E-state index contributed by atoms with van der Waals surface area (Å²) in [5.74, 6) is 0. The lowest BCUT2D eigenvalue weighted by atomic mass is 9.92. The molecule has 0 amide bonds. The van der Waals surface area contributed by atoms with E-state index in [-0.39, 0.29) is 5.41 Å². The molecule has 0 radical (unpaired) electrons. The van der Waals surface area contributed by atoms with Crippen LogP contribution in [0.1, 0.15) is 26.5 Å². The molecule has 0 aliphatic rings. The van der Waals surface area contributed by atoms with Gasteiger partial charge in [-0.1, -0.05) is 25.3 Å². The molecule has 80 valence electrons. The first kappa shape index (κ1) is 10.3. The third-order valence-electron chi connectivity index (χ3n) is 2.26. The maximum Gasteiger partial charge on any atom is 0.106 e. The minimum absolute atomic E-state index is 0.109. The van der Waals surface area contributed by atoms with Gasteiger partial charge in [-0.25, -0.2) is 0 Å². The van der Waals surface area contributed by atoms with Crippen LogP contribution < -0.4 is 0 Å². The van der Waals surface area contributed by atoms with Crippen molar-refractivity contribution in [2.75, 3.05) is 0 Å². The number of rotatable bonds is 1. The van der Waals surface area contributed by atoms with Crippen LogP contribution in [0.2, 0.25) is 0 Å². The molecule has 0 fully saturated rings.